The number of ether oxygens (including phenoxy) is 1. The number of halogens is 2. The average molecular weight is 308 g/mol. The minimum absolute atomic E-state index is 0.0971. The van der Waals surface area contributed by atoms with E-state index < -0.39 is 0 Å². The first kappa shape index (κ1) is 15.3. The second-order valence-corrected chi connectivity index (χ2v) is 4.90. The van der Waals surface area contributed by atoms with Gasteiger partial charge in [0.1, 0.15) is 18.2 Å². The number of carbonyl (C=O) groups is 1. The second kappa shape index (κ2) is 7.64. The Hall–Kier alpha value is -2.07. The molecular formula is C16H15ClFNO2. The van der Waals surface area contributed by atoms with Gasteiger partial charge in [-0.25, -0.2) is 4.39 Å². The maximum absolute atomic E-state index is 12.9. The van der Waals surface area contributed by atoms with Gasteiger partial charge in [0, 0.05) is 11.1 Å². The fraction of sp³-hybridized carbons (Fsp3) is 0.188. The van der Waals surface area contributed by atoms with E-state index in [0.717, 1.165) is 5.56 Å². The summed E-state index contributed by atoms with van der Waals surface area (Å²) in [6, 6.07) is 13.0. The third-order valence-electron chi connectivity index (χ3n) is 2.77. The molecule has 0 aliphatic heterocycles. The van der Waals surface area contributed by atoms with E-state index in [1.165, 1.54) is 12.1 Å². The van der Waals surface area contributed by atoms with Crippen LogP contribution in [0.1, 0.15) is 5.56 Å². The van der Waals surface area contributed by atoms with Gasteiger partial charge in [-0.1, -0.05) is 29.8 Å². The molecular weight excluding hydrogens is 293 g/mol. The lowest BCUT2D eigenvalue weighted by Crippen LogP contribution is -2.29. The third-order valence-corrected chi connectivity index (χ3v) is 3.02. The van der Waals surface area contributed by atoms with Crippen molar-refractivity contribution < 1.29 is 13.9 Å². The van der Waals surface area contributed by atoms with Crippen LogP contribution in [-0.2, 0) is 11.2 Å². The number of amides is 1. The molecule has 0 atom stereocenters. The monoisotopic (exact) mass is 307 g/mol. The summed E-state index contributed by atoms with van der Waals surface area (Å²) in [5.41, 5.74) is 0.892. The first-order chi connectivity index (χ1) is 10.1. The largest absolute Gasteiger partial charge is 0.492 e. The van der Waals surface area contributed by atoms with Crippen LogP contribution in [-0.4, -0.2) is 19.1 Å². The predicted octanol–water partition coefficient (Wildman–Crippen LogP) is 3.22. The van der Waals surface area contributed by atoms with E-state index in [2.05, 4.69) is 5.32 Å². The second-order valence-electron chi connectivity index (χ2n) is 4.46. The molecule has 21 heavy (non-hydrogen) atoms. The summed E-state index contributed by atoms with van der Waals surface area (Å²) in [5, 5.41) is 3.38. The number of carbonyl (C=O) groups excluding carboxylic acids is 1. The SMILES string of the molecule is O=C(Cc1ccc(Cl)cc1)NCCOc1cccc(F)c1. The number of nitrogens with one attached hydrogen (secondary N) is 1. The minimum atomic E-state index is -0.348. The van der Waals surface area contributed by atoms with E-state index in [9.17, 15) is 9.18 Å². The van der Waals surface area contributed by atoms with Crippen LogP contribution in [0.25, 0.3) is 0 Å². The van der Waals surface area contributed by atoms with E-state index >= 15 is 0 Å². The van der Waals surface area contributed by atoms with Gasteiger partial charge in [-0.2, -0.15) is 0 Å². The van der Waals surface area contributed by atoms with Crippen LogP contribution in [0.4, 0.5) is 4.39 Å². The molecule has 110 valence electrons. The van der Waals surface area contributed by atoms with Crippen LogP contribution in [0.2, 0.25) is 5.02 Å². The van der Waals surface area contributed by atoms with Crippen molar-refractivity contribution in [3.8, 4) is 5.75 Å². The summed E-state index contributed by atoms with van der Waals surface area (Å²) in [6.07, 6.45) is 0.289. The highest BCUT2D eigenvalue weighted by Crippen LogP contribution is 2.11. The molecule has 1 amide bonds. The molecule has 0 radical (unpaired) electrons. The highest BCUT2D eigenvalue weighted by atomic mass is 35.5. The molecule has 0 spiro atoms. The van der Waals surface area contributed by atoms with Crippen molar-refractivity contribution in [2.75, 3.05) is 13.2 Å². The highest BCUT2D eigenvalue weighted by Gasteiger charge is 2.03. The Balaban J connectivity index is 1.68. The molecule has 0 saturated carbocycles. The quantitative estimate of drug-likeness (QED) is 0.832. The highest BCUT2D eigenvalue weighted by molar-refractivity contribution is 6.30. The number of hydrogen-bond donors (Lipinski definition) is 1. The molecule has 1 N–H and O–H groups in total. The molecule has 2 aromatic rings. The number of rotatable bonds is 6. The third kappa shape index (κ3) is 5.44. The van der Waals surface area contributed by atoms with Crippen LogP contribution >= 0.6 is 11.6 Å². The molecule has 2 aromatic carbocycles. The summed E-state index contributed by atoms with van der Waals surface area (Å²) < 4.78 is 18.2. The fourth-order valence-corrected chi connectivity index (χ4v) is 1.89. The summed E-state index contributed by atoms with van der Waals surface area (Å²) >= 11 is 5.78. The molecule has 0 saturated heterocycles. The number of hydrogen-bond acceptors (Lipinski definition) is 2. The Morgan fingerprint density at radius 2 is 1.95 bits per heavy atom. The minimum Gasteiger partial charge on any atom is -0.492 e. The van der Waals surface area contributed by atoms with Gasteiger partial charge in [0.2, 0.25) is 5.91 Å². The van der Waals surface area contributed by atoms with Gasteiger partial charge in [-0.05, 0) is 29.8 Å². The number of benzene rings is 2. The van der Waals surface area contributed by atoms with E-state index in [1.54, 1.807) is 24.3 Å². The van der Waals surface area contributed by atoms with Gasteiger partial charge in [-0.3, -0.25) is 4.79 Å². The van der Waals surface area contributed by atoms with Gasteiger partial charge in [0.15, 0.2) is 0 Å². The maximum Gasteiger partial charge on any atom is 0.224 e. The first-order valence-electron chi connectivity index (χ1n) is 6.53. The fourth-order valence-electron chi connectivity index (χ4n) is 1.77. The molecule has 0 fully saturated rings. The Bertz CT molecular complexity index is 601. The Kier molecular flexibility index (Phi) is 5.58. The van der Waals surface area contributed by atoms with Crippen LogP contribution in [0.5, 0.6) is 5.75 Å². The molecule has 3 nitrogen and oxygen atoms in total. The van der Waals surface area contributed by atoms with E-state index in [-0.39, 0.29) is 24.8 Å². The molecule has 5 heteroatoms. The normalized spacial score (nSPS) is 10.2. The van der Waals surface area contributed by atoms with E-state index in [0.29, 0.717) is 17.3 Å². The van der Waals surface area contributed by atoms with Crippen LogP contribution in [0.3, 0.4) is 0 Å². The smallest absolute Gasteiger partial charge is 0.224 e. The van der Waals surface area contributed by atoms with Gasteiger partial charge in [0.25, 0.3) is 0 Å². The lowest BCUT2D eigenvalue weighted by Gasteiger charge is -2.08. The maximum atomic E-state index is 12.9. The molecule has 0 aliphatic carbocycles. The Morgan fingerprint density at radius 1 is 1.19 bits per heavy atom. The lowest BCUT2D eigenvalue weighted by molar-refractivity contribution is -0.120. The molecule has 0 heterocycles. The van der Waals surface area contributed by atoms with Crippen LogP contribution in [0.15, 0.2) is 48.5 Å². The van der Waals surface area contributed by atoms with Crippen molar-refractivity contribution in [2.24, 2.45) is 0 Å². The van der Waals surface area contributed by atoms with Gasteiger partial charge < -0.3 is 10.1 Å². The summed E-state index contributed by atoms with van der Waals surface area (Å²) in [7, 11) is 0. The van der Waals surface area contributed by atoms with Gasteiger partial charge in [0.05, 0.1) is 13.0 Å². The van der Waals surface area contributed by atoms with E-state index in [4.69, 9.17) is 16.3 Å². The molecule has 0 unspecified atom stereocenters. The summed E-state index contributed by atoms with van der Waals surface area (Å²) in [6.45, 7) is 0.652. The van der Waals surface area contributed by atoms with Crippen molar-refractivity contribution in [3.05, 3.63) is 64.9 Å². The molecule has 0 aliphatic rings. The molecule has 2 rings (SSSR count). The standard InChI is InChI=1S/C16H15ClFNO2/c17-13-6-4-12(5-7-13)10-16(20)19-8-9-21-15-3-1-2-14(18)11-15/h1-7,11H,8-10H2,(H,19,20). The lowest BCUT2D eigenvalue weighted by atomic mass is 10.1. The van der Waals surface area contributed by atoms with Crippen molar-refractivity contribution in [1.29, 1.82) is 0 Å². The van der Waals surface area contributed by atoms with Crippen molar-refractivity contribution in [1.82, 2.24) is 5.32 Å². The van der Waals surface area contributed by atoms with Crippen LogP contribution < -0.4 is 10.1 Å². The molecule has 0 aromatic heterocycles. The zero-order valence-corrected chi connectivity index (χ0v) is 12.1. The Morgan fingerprint density at radius 3 is 2.67 bits per heavy atom. The zero-order valence-electron chi connectivity index (χ0n) is 11.3. The average Bonchev–Trinajstić information content (AvgIpc) is 2.46. The van der Waals surface area contributed by atoms with Crippen molar-refractivity contribution in [3.63, 3.8) is 0 Å². The predicted molar refractivity (Wildman–Crippen MR) is 80.1 cm³/mol. The van der Waals surface area contributed by atoms with Gasteiger partial charge in [-0.15, -0.1) is 0 Å². The zero-order chi connectivity index (χ0) is 15.1. The van der Waals surface area contributed by atoms with Crippen molar-refractivity contribution >= 4 is 17.5 Å². The van der Waals surface area contributed by atoms with E-state index in [1.807, 2.05) is 12.1 Å². The van der Waals surface area contributed by atoms with Gasteiger partial charge >= 0.3 is 0 Å². The van der Waals surface area contributed by atoms with Crippen LogP contribution in [0, 0.1) is 5.82 Å². The first-order valence-corrected chi connectivity index (χ1v) is 6.91. The Labute approximate surface area is 127 Å². The molecule has 0 bridgehead atoms. The summed E-state index contributed by atoms with van der Waals surface area (Å²) in [4.78, 5) is 11.7. The topological polar surface area (TPSA) is 38.3 Å². The summed E-state index contributed by atoms with van der Waals surface area (Å²) in [5.74, 6) is 0.00129. The van der Waals surface area contributed by atoms with Crippen molar-refractivity contribution in [2.45, 2.75) is 6.42 Å².